The molecule has 0 aliphatic carbocycles. The van der Waals surface area contributed by atoms with Gasteiger partial charge in [0.1, 0.15) is 0 Å². The van der Waals surface area contributed by atoms with Crippen LogP contribution in [0.3, 0.4) is 0 Å². The Morgan fingerprint density at radius 2 is 2.13 bits per heavy atom. The Labute approximate surface area is 97.6 Å². The maximum Gasteiger partial charge on any atom is 0.220 e. The van der Waals surface area contributed by atoms with E-state index in [2.05, 4.69) is 19.2 Å². The van der Waals surface area contributed by atoms with Gasteiger partial charge in [0.15, 0.2) is 0 Å². The smallest absolute Gasteiger partial charge is 0.220 e. The molecular weight excluding hydrogens is 208 g/mol. The molecule has 0 bridgehead atoms. The standard InChI is InChI=1S/C11H24N2OS/c1-4-15-8-10(3)13-11(14)6-5-9(2)7-12/h9-10H,4-8,12H2,1-3H3,(H,13,14). The summed E-state index contributed by atoms with van der Waals surface area (Å²) in [5, 5.41) is 2.99. The quantitative estimate of drug-likeness (QED) is 0.668. The normalized spacial score (nSPS) is 14.7. The van der Waals surface area contributed by atoms with Crippen LogP contribution in [-0.2, 0) is 4.79 Å². The van der Waals surface area contributed by atoms with Gasteiger partial charge < -0.3 is 11.1 Å². The van der Waals surface area contributed by atoms with E-state index in [1.54, 1.807) is 0 Å². The van der Waals surface area contributed by atoms with Crippen molar-refractivity contribution in [2.45, 2.75) is 39.7 Å². The molecule has 15 heavy (non-hydrogen) atoms. The monoisotopic (exact) mass is 232 g/mol. The third-order valence-electron chi connectivity index (χ3n) is 2.25. The number of nitrogens with one attached hydrogen (secondary N) is 1. The van der Waals surface area contributed by atoms with Crippen molar-refractivity contribution in [2.75, 3.05) is 18.1 Å². The minimum absolute atomic E-state index is 0.152. The summed E-state index contributed by atoms with van der Waals surface area (Å²) in [5.41, 5.74) is 5.49. The van der Waals surface area contributed by atoms with Crippen LogP contribution in [-0.4, -0.2) is 30.0 Å². The summed E-state index contributed by atoms with van der Waals surface area (Å²) in [6, 6.07) is 0.274. The summed E-state index contributed by atoms with van der Waals surface area (Å²) in [7, 11) is 0. The first kappa shape index (κ1) is 14.8. The fourth-order valence-corrected chi connectivity index (χ4v) is 1.85. The molecule has 0 aromatic heterocycles. The molecule has 0 spiro atoms. The summed E-state index contributed by atoms with van der Waals surface area (Å²) in [6.07, 6.45) is 1.48. The van der Waals surface area contributed by atoms with Crippen molar-refractivity contribution in [3.05, 3.63) is 0 Å². The average Bonchev–Trinajstić information content (AvgIpc) is 2.22. The number of rotatable bonds is 8. The van der Waals surface area contributed by atoms with Gasteiger partial charge in [0.25, 0.3) is 0 Å². The van der Waals surface area contributed by atoms with E-state index < -0.39 is 0 Å². The zero-order valence-corrected chi connectivity index (χ0v) is 10.9. The Kier molecular flexibility index (Phi) is 8.91. The number of nitrogens with two attached hydrogens (primary N) is 1. The molecule has 0 saturated carbocycles. The van der Waals surface area contributed by atoms with Gasteiger partial charge in [-0.05, 0) is 31.6 Å². The van der Waals surface area contributed by atoms with Crippen LogP contribution in [0.5, 0.6) is 0 Å². The van der Waals surface area contributed by atoms with E-state index in [4.69, 9.17) is 5.73 Å². The molecule has 3 nitrogen and oxygen atoms in total. The average molecular weight is 232 g/mol. The molecule has 1 amide bonds. The summed E-state index contributed by atoms with van der Waals surface area (Å²) in [4.78, 5) is 11.5. The first-order valence-electron chi connectivity index (χ1n) is 5.67. The minimum atomic E-state index is 0.152. The Hall–Kier alpha value is -0.220. The van der Waals surface area contributed by atoms with Crippen LogP contribution in [0.1, 0.15) is 33.6 Å². The van der Waals surface area contributed by atoms with Gasteiger partial charge in [-0.15, -0.1) is 0 Å². The van der Waals surface area contributed by atoms with Gasteiger partial charge in [-0.1, -0.05) is 13.8 Å². The van der Waals surface area contributed by atoms with E-state index in [0.29, 0.717) is 18.9 Å². The Balaban J connectivity index is 3.55. The molecule has 0 radical (unpaired) electrons. The number of carbonyl (C=O) groups excluding carboxylic acids is 1. The van der Waals surface area contributed by atoms with Crippen molar-refractivity contribution in [1.82, 2.24) is 5.32 Å². The first-order chi connectivity index (χ1) is 7.10. The van der Waals surface area contributed by atoms with E-state index in [1.807, 2.05) is 18.7 Å². The van der Waals surface area contributed by atoms with Gasteiger partial charge >= 0.3 is 0 Å². The highest BCUT2D eigenvalue weighted by atomic mass is 32.2. The molecule has 3 N–H and O–H groups in total. The number of hydrogen-bond acceptors (Lipinski definition) is 3. The Morgan fingerprint density at radius 1 is 1.47 bits per heavy atom. The summed E-state index contributed by atoms with van der Waals surface area (Å²) < 4.78 is 0. The van der Waals surface area contributed by atoms with Crippen LogP contribution < -0.4 is 11.1 Å². The molecular formula is C11H24N2OS. The number of hydrogen-bond donors (Lipinski definition) is 2. The Bertz CT molecular complexity index is 176. The fourth-order valence-electron chi connectivity index (χ4n) is 1.18. The van der Waals surface area contributed by atoms with Gasteiger partial charge in [0.05, 0.1) is 0 Å². The zero-order chi connectivity index (χ0) is 11.7. The molecule has 0 aromatic carbocycles. The second kappa shape index (κ2) is 9.04. The van der Waals surface area contributed by atoms with Gasteiger partial charge in [-0.3, -0.25) is 4.79 Å². The van der Waals surface area contributed by atoms with Gasteiger partial charge in [0.2, 0.25) is 5.91 Å². The molecule has 0 aliphatic rings. The molecule has 0 rings (SSSR count). The van der Waals surface area contributed by atoms with E-state index in [-0.39, 0.29) is 11.9 Å². The highest BCUT2D eigenvalue weighted by Crippen LogP contribution is 2.05. The lowest BCUT2D eigenvalue weighted by Gasteiger charge is -2.14. The lowest BCUT2D eigenvalue weighted by Crippen LogP contribution is -2.34. The van der Waals surface area contributed by atoms with Crippen molar-refractivity contribution in [3.8, 4) is 0 Å². The number of amides is 1. The van der Waals surface area contributed by atoms with Crippen molar-refractivity contribution in [1.29, 1.82) is 0 Å². The molecule has 2 unspecified atom stereocenters. The van der Waals surface area contributed by atoms with Gasteiger partial charge in [-0.2, -0.15) is 11.8 Å². The topological polar surface area (TPSA) is 55.1 Å². The Morgan fingerprint density at radius 3 is 2.67 bits per heavy atom. The second-order valence-corrected chi connectivity index (χ2v) is 5.33. The molecule has 0 fully saturated rings. The lowest BCUT2D eigenvalue weighted by atomic mass is 10.1. The molecule has 0 saturated heterocycles. The van der Waals surface area contributed by atoms with Crippen LogP contribution in [0.2, 0.25) is 0 Å². The van der Waals surface area contributed by atoms with Crippen molar-refractivity contribution < 1.29 is 4.79 Å². The predicted octanol–water partition coefficient (Wildman–Crippen LogP) is 1.62. The van der Waals surface area contributed by atoms with Crippen molar-refractivity contribution in [2.24, 2.45) is 11.7 Å². The second-order valence-electron chi connectivity index (χ2n) is 4.01. The van der Waals surface area contributed by atoms with E-state index in [0.717, 1.165) is 17.9 Å². The molecule has 2 atom stereocenters. The van der Waals surface area contributed by atoms with Crippen LogP contribution in [0, 0.1) is 5.92 Å². The molecule has 4 heteroatoms. The van der Waals surface area contributed by atoms with Crippen LogP contribution >= 0.6 is 11.8 Å². The highest BCUT2D eigenvalue weighted by Gasteiger charge is 2.08. The van der Waals surface area contributed by atoms with Crippen LogP contribution in [0.25, 0.3) is 0 Å². The van der Waals surface area contributed by atoms with E-state index >= 15 is 0 Å². The van der Waals surface area contributed by atoms with Crippen molar-refractivity contribution in [3.63, 3.8) is 0 Å². The van der Waals surface area contributed by atoms with E-state index in [1.165, 1.54) is 0 Å². The maximum absolute atomic E-state index is 11.5. The summed E-state index contributed by atoms with van der Waals surface area (Å²) in [5.74, 6) is 2.69. The lowest BCUT2D eigenvalue weighted by molar-refractivity contribution is -0.121. The highest BCUT2D eigenvalue weighted by molar-refractivity contribution is 7.99. The van der Waals surface area contributed by atoms with E-state index in [9.17, 15) is 4.79 Å². The predicted molar refractivity (Wildman–Crippen MR) is 68.1 cm³/mol. The van der Waals surface area contributed by atoms with Gasteiger partial charge in [-0.25, -0.2) is 0 Å². The van der Waals surface area contributed by atoms with Crippen molar-refractivity contribution >= 4 is 17.7 Å². The largest absolute Gasteiger partial charge is 0.353 e. The summed E-state index contributed by atoms with van der Waals surface area (Å²) in [6.45, 7) is 6.91. The molecule has 90 valence electrons. The third-order valence-corrected chi connectivity index (χ3v) is 3.39. The SMILES string of the molecule is CCSCC(C)NC(=O)CCC(C)CN. The van der Waals surface area contributed by atoms with Crippen LogP contribution in [0.15, 0.2) is 0 Å². The molecule has 0 aromatic rings. The zero-order valence-electron chi connectivity index (χ0n) is 10.1. The third kappa shape index (κ3) is 8.75. The molecule has 0 aliphatic heterocycles. The van der Waals surface area contributed by atoms with Gasteiger partial charge in [0, 0.05) is 18.2 Å². The fraction of sp³-hybridized carbons (Fsp3) is 0.909. The number of thioether (sulfide) groups is 1. The number of carbonyl (C=O) groups is 1. The minimum Gasteiger partial charge on any atom is -0.353 e. The molecule has 0 heterocycles. The van der Waals surface area contributed by atoms with Crippen LogP contribution in [0.4, 0.5) is 0 Å². The first-order valence-corrected chi connectivity index (χ1v) is 6.82. The maximum atomic E-state index is 11.5. The summed E-state index contributed by atoms with van der Waals surface area (Å²) >= 11 is 1.85.